The van der Waals surface area contributed by atoms with Gasteiger partial charge in [-0.2, -0.15) is 0 Å². The van der Waals surface area contributed by atoms with Crippen molar-refractivity contribution in [2.24, 2.45) is 7.05 Å². The van der Waals surface area contributed by atoms with Crippen LogP contribution in [0.15, 0.2) is 76.1 Å². The van der Waals surface area contributed by atoms with Gasteiger partial charge >= 0.3 is 0 Å². The summed E-state index contributed by atoms with van der Waals surface area (Å²) < 4.78 is 13.2. The summed E-state index contributed by atoms with van der Waals surface area (Å²) in [5.41, 5.74) is 3.18. The third-order valence-electron chi connectivity index (χ3n) is 4.32. The van der Waals surface area contributed by atoms with Crippen LogP contribution in [0.4, 0.5) is 0 Å². The molecule has 0 radical (unpaired) electrons. The number of hydrogen-bond acceptors (Lipinski definition) is 3. The standard InChI is InChI=1S/C21H17NO3/c1-22-13-12-17(23)19-18(14-8-10-16(24-2)11-9-14)20(25-21(19)22)15-6-4-3-5-7-15/h3-13H,1-2H3. The molecular weight excluding hydrogens is 314 g/mol. The predicted molar refractivity (Wildman–Crippen MR) is 98.9 cm³/mol. The smallest absolute Gasteiger partial charge is 0.211 e. The van der Waals surface area contributed by atoms with Crippen LogP contribution in [0.5, 0.6) is 5.75 Å². The molecule has 0 amide bonds. The number of methoxy groups -OCH3 is 1. The highest BCUT2D eigenvalue weighted by atomic mass is 16.5. The molecule has 0 aliphatic heterocycles. The number of benzene rings is 2. The third kappa shape index (κ3) is 2.52. The highest BCUT2D eigenvalue weighted by Gasteiger charge is 2.21. The summed E-state index contributed by atoms with van der Waals surface area (Å²) in [5, 5.41) is 0.592. The van der Waals surface area contributed by atoms with Crippen LogP contribution in [0, 0.1) is 0 Å². The molecule has 0 spiro atoms. The second-order valence-corrected chi connectivity index (χ2v) is 5.87. The van der Waals surface area contributed by atoms with Crippen molar-refractivity contribution >= 4 is 11.1 Å². The van der Waals surface area contributed by atoms with Crippen molar-refractivity contribution < 1.29 is 9.15 Å². The molecular formula is C21H17NO3. The average Bonchev–Trinajstić information content (AvgIpc) is 3.07. The molecule has 4 aromatic rings. The largest absolute Gasteiger partial charge is 0.497 e. The molecule has 0 atom stereocenters. The summed E-state index contributed by atoms with van der Waals surface area (Å²) in [6.45, 7) is 0. The number of aryl methyl sites for hydroxylation is 1. The summed E-state index contributed by atoms with van der Waals surface area (Å²) in [4.78, 5) is 12.6. The normalized spacial score (nSPS) is 11.0. The lowest BCUT2D eigenvalue weighted by atomic mass is 9.99. The zero-order valence-electron chi connectivity index (χ0n) is 14.0. The number of nitrogens with zero attached hydrogens (tertiary/aromatic N) is 1. The zero-order chi connectivity index (χ0) is 17.4. The highest BCUT2D eigenvalue weighted by Crippen LogP contribution is 2.39. The van der Waals surface area contributed by atoms with Crippen LogP contribution in [-0.4, -0.2) is 11.7 Å². The van der Waals surface area contributed by atoms with Gasteiger partial charge in [0, 0.05) is 30.4 Å². The maximum atomic E-state index is 12.6. The molecule has 124 valence electrons. The number of furan rings is 1. The molecule has 0 aliphatic rings. The highest BCUT2D eigenvalue weighted by molar-refractivity contribution is 6.00. The summed E-state index contributed by atoms with van der Waals surface area (Å²) in [6, 6.07) is 19.1. The monoisotopic (exact) mass is 331 g/mol. The predicted octanol–water partition coefficient (Wildman–Crippen LogP) is 4.47. The fourth-order valence-corrected chi connectivity index (χ4v) is 3.05. The lowest BCUT2D eigenvalue weighted by Gasteiger charge is -2.05. The Morgan fingerprint density at radius 3 is 2.32 bits per heavy atom. The number of fused-ring (bicyclic) bond motifs is 1. The van der Waals surface area contributed by atoms with Crippen molar-refractivity contribution in [1.82, 2.24) is 4.57 Å². The van der Waals surface area contributed by atoms with Crippen LogP contribution in [0.3, 0.4) is 0 Å². The molecule has 0 N–H and O–H groups in total. The number of aromatic nitrogens is 1. The van der Waals surface area contributed by atoms with Crippen LogP contribution in [0.1, 0.15) is 0 Å². The van der Waals surface area contributed by atoms with Crippen LogP contribution in [-0.2, 0) is 7.05 Å². The van der Waals surface area contributed by atoms with E-state index in [-0.39, 0.29) is 5.43 Å². The molecule has 0 fully saturated rings. The van der Waals surface area contributed by atoms with Gasteiger partial charge in [-0.3, -0.25) is 4.79 Å². The second-order valence-electron chi connectivity index (χ2n) is 5.87. The van der Waals surface area contributed by atoms with Crippen LogP contribution in [0.25, 0.3) is 33.6 Å². The Hall–Kier alpha value is -3.27. The number of rotatable bonds is 3. The van der Waals surface area contributed by atoms with Gasteiger partial charge < -0.3 is 13.7 Å². The molecule has 4 rings (SSSR count). The first-order valence-electron chi connectivity index (χ1n) is 8.01. The molecule has 2 heterocycles. The molecule has 4 heteroatoms. The minimum Gasteiger partial charge on any atom is -0.497 e. The SMILES string of the molecule is COc1ccc(-c2c(-c3ccccc3)oc3c2c(=O)ccn3C)cc1. The van der Waals surface area contributed by atoms with Crippen molar-refractivity contribution in [2.45, 2.75) is 0 Å². The first-order valence-corrected chi connectivity index (χ1v) is 8.01. The van der Waals surface area contributed by atoms with E-state index in [9.17, 15) is 4.79 Å². The maximum Gasteiger partial charge on any atom is 0.211 e. The summed E-state index contributed by atoms with van der Waals surface area (Å²) in [7, 11) is 3.51. The number of hydrogen-bond donors (Lipinski definition) is 0. The molecule has 25 heavy (non-hydrogen) atoms. The Labute approximate surface area is 144 Å². The lowest BCUT2D eigenvalue weighted by Crippen LogP contribution is -2.03. The molecule has 0 saturated heterocycles. The summed E-state index contributed by atoms with van der Waals surface area (Å²) in [6.07, 6.45) is 1.72. The number of ether oxygens (including phenoxy) is 1. The Bertz CT molecular complexity index is 1090. The van der Waals surface area contributed by atoms with Crippen molar-refractivity contribution in [3.8, 4) is 28.2 Å². The molecule has 2 aromatic heterocycles. The van der Waals surface area contributed by atoms with Crippen molar-refractivity contribution in [3.05, 3.63) is 77.1 Å². The van der Waals surface area contributed by atoms with E-state index in [0.29, 0.717) is 16.9 Å². The summed E-state index contributed by atoms with van der Waals surface area (Å²) >= 11 is 0. The lowest BCUT2D eigenvalue weighted by molar-refractivity contribution is 0.415. The molecule has 0 saturated carbocycles. The van der Waals surface area contributed by atoms with Crippen LogP contribution < -0.4 is 10.2 Å². The van der Waals surface area contributed by atoms with Gasteiger partial charge in [-0.15, -0.1) is 0 Å². The van der Waals surface area contributed by atoms with Gasteiger partial charge in [0.25, 0.3) is 0 Å². The van der Waals surface area contributed by atoms with E-state index in [2.05, 4.69) is 0 Å². The van der Waals surface area contributed by atoms with Gasteiger partial charge in [-0.25, -0.2) is 0 Å². The van der Waals surface area contributed by atoms with E-state index in [0.717, 1.165) is 22.4 Å². The quantitative estimate of drug-likeness (QED) is 0.556. The minimum absolute atomic E-state index is 0.0511. The number of pyridine rings is 1. The maximum absolute atomic E-state index is 12.6. The Balaban J connectivity index is 2.09. The van der Waals surface area contributed by atoms with Crippen LogP contribution in [0.2, 0.25) is 0 Å². The van der Waals surface area contributed by atoms with Gasteiger partial charge in [0.15, 0.2) is 5.43 Å². The molecule has 0 aliphatic carbocycles. The van der Waals surface area contributed by atoms with E-state index in [1.807, 2.05) is 66.2 Å². The van der Waals surface area contributed by atoms with Crippen molar-refractivity contribution in [2.75, 3.05) is 7.11 Å². The van der Waals surface area contributed by atoms with Crippen LogP contribution >= 0.6 is 0 Å². The van der Waals surface area contributed by atoms with Gasteiger partial charge in [0.2, 0.25) is 5.71 Å². The van der Waals surface area contributed by atoms with Gasteiger partial charge in [-0.1, -0.05) is 42.5 Å². The first kappa shape index (κ1) is 15.3. The second kappa shape index (κ2) is 5.98. The van der Waals surface area contributed by atoms with E-state index in [1.54, 1.807) is 19.4 Å². The third-order valence-corrected chi connectivity index (χ3v) is 4.32. The Morgan fingerprint density at radius 2 is 1.64 bits per heavy atom. The van der Waals surface area contributed by atoms with Crippen molar-refractivity contribution in [1.29, 1.82) is 0 Å². The van der Waals surface area contributed by atoms with E-state index in [4.69, 9.17) is 9.15 Å². The van der Waals surface area contributed by atoms with Gasteiger partial charge in [0.1, 0.15) is 11.5 Å². The zero-order valence-corrected chi connectivity index (χ0v) is 14.0. The molecule has 0 unspecified atom stereocenters. The van der Waals surface area contributed by atoms with E-state index < -0.39 is 0 Å². The van der Waals surface area contributed by atoms with E-state index in [1.165, 1.54) is 0 Å². The first-order chi connectivity index (χ1) is 12.2. The topological polar surface area (TPSA) is 44.4 Å². The fraction of sp³-hybridized carbons (Fsp3) is 0.0952. The molecule has 4 nitrogen and oxygen atoms in total. The Morgan fingerprint density at radius 1 is 0.920 bits per heavy atom. The van der Waals surface area contributed by atoms with Gasteiger partial charge in [-0.05, 0) is 17.7 Å². The average molecular weight is 331 g/mol. The Kier molecular flexibility index (Phi) is 3.65. The summed E-state index contributed by atoms with van der Waals surface area (Å²) in [5.74, 6) is 1.46. The van der Waals surface area contributed by atoms with Gasteiger partial charge in [0.05, 0.1) is 12.5 Å². The molecule has 0 bridgehead atoms. The molecule has 2 aromatic carbocycles. The van der Waals surface area contributed by atoms with E-state index >= 15 is 0 Å². The van der Waals surface area contributed by atoms with Crippen molar-refractivity contribution in [3.63, 3.8) is 0 Å². The fourth-order valence-electron chi connectivity index (χ4n) is 3.05. The minimum atomic E-state index is -0.0511.